The van der Waals surface area contributed by atoms with E-state index in [1.54, 1.807) is 41.7 Å². The molecule has 0 N–H and O–H groups in total. The molecule has 1 aliphatic rings. The van der Waals surface area contributed by atoms with E-state index in [0.717, 1.165) is 56.5 Å². The Morgan fingerprint density at radius 2 is 1.62 bits per heavy atom. The number of thiophene rings is 1. The number of aromatic nitrogens is 1. The Bertz CT molecular complexity index is 1960. The van der Waals surface area contributed by atoms with E-state index >= 15 is 0 Å². The number of hydrogen-bond donors (Lipinski definition) is 0. The van der Waals surface area contributed by atoms with E-state index in [0.29, 0.717) is 23.6 Å². The second-order valence-electron chi connectivity index (χ2n) is 11.8. The highest BCUT2D eigenvalue weighted by atomic mass is 32.1. The van der Waals surface area contributed by atoms with Crippen molar-refractivity contribution in [3.8, 4) is 11.5 Å². The minimum atomic E-state index is -0.876. The van der Waals surface area contributed by atoms with Crippen molar-refractivity contribution in [1.29, 1.82) is 0 Å². The number of nitrogens with zero attached hydrogens (tertiary/aromatic N) is 3. The minimum Gasteiger partial charge on any atom is -0.494 e. The molecule has 5 aromatic rings. The maximum atomic E-state index is 12.6. The topological polar surface area (TPSA) is 73.2 Å². The lowest BCUT2D eigenvalue weighted by Crippen LogP contribution is -2.46. The number of carbonyl (C=O) groups is 1. The van der Waals surface area contributed by atoms with Gasteiger partial charge in [-0.05, 0) is 98.1 Å². The molecule has 0 unspecified atom stereocenters. The van der Waals surface area contributed by atoms with Gasteiger partial charge in [-0.25, -0.2) is 4.79 Å². The van der Waals surface area contributed by atoms with Crippen molar-refractivity contribution >= 4 is 44.2 Å². The van der Waals surface area contributed by atoms with E-state index in [2.05, 4.69) is 46.0 Å². The van der Waals surface area contributed by atoms with Crippen LogP contribution < -0.4 is 19.9 Å². The van der Waals surface area contributed by atoms with Gasteiger partial charge in [0, 0.05) is 54.1 Å². The number of ether oxygens (including phenoxy) is 3. The predicted molar refractivity (Wildman–Crippen MR) is 206 cm³/mol. The van der Waals surface area contributed by atoms with Crippen LogP contribution in [0, 0.1) is 0 Å². The summed E-state index contributed by atoms with van der Waals surface area (Å²) in [5.41, 5.74) is 2.75. The molecule has 3 aromatic carbocycles. The Hall–Kier alpha value is -5.12. The zero-order valence-corrected chi connectivity index (χ0v) is 29.6. The first kappa shape index (κ1) is 36.2. The quantitative estimate of drug-likeness (QED) is 0.0560. The number of piperazine rings is 1. The number of para-hydroxylation sites is 1. The highest BCUT2D eigenvalue weighted by Crippen LogP contribution is 2.31. The number of carbonyl (C=O) groups excluding carboxylic acids is 1. The second kappa shape index (κ2) is 18.6. The number of rotatable bonds is 12. The SMILES string of the molecule is C=C(/C=C\C)/C=C\C.O=C(OCn1c(=O)ccc2ccc(OCCCCN3CCN(c4cccc5sccc45)CC3)cc21)Oc1ccccc1. The third-order valence-electron chi connectivity index (χ3n) is 8.30. The molecule has 2 aromatic heterocycles. The average molecular weight is 692 g/mol. The molecule has 50 heavy (non-hydrogen) atoms. The van der Waals surface area contributed by atoms with Gasteiger partial charge in [0.05, 0.1) is 12.1 Å². The van der Waals surface area contributed by atoms with Crippen LogP contribution >= 0.6 is 11.3 Å². The third-order valence-corrected chi connectivity index (χ3v) is 9.19. The molecule has 0 bridgehead atoms. The fourth-order valence-corrected chi connectivity index (χ4v) is 6.61. The zero-order valence-electron chi connectivity index (χ0n) is 28.8. The summed E-state index contributed by atoms with van der Waals surface area (Å²) in [5, 5.41) is 4.37. The molecule has 0 amide bonds. The van der Waals surface area contributed by atoms with Crippen LogP contribution in [0.4, 0.5) is 10.5 Å². The fraction of sp³-hybridized carbons (Fsp3) is 0.268. The fourth-order valence-electron chi connectivity index (χ4n) is 5.80. The van der Waals surface area contributed by atoms with Gasteiger partial charge in [-0.2, -0.15) is 0 Å². The molecule has 0 saturated carbocycles. The van der Waals surface area contributed by atoms with Gasteiger partial charge in [-0.15, -0.1) is 11.3 Å². The van der Waals surface area contributed by atoms with Gasteiger partial charge in [0.15, 0.2) is 6.73 Å². The van der Waals surface area contributed by atoms with Gasteiger partial charge in [-0.3, -0.25) is 14.3 Å². The molecule has 8 nitrogen and oxygen atoms in total. The molecule has 0 aliphatic carbocycles. The Kier molecular flexibility index (Phi) is 13.4. The summed E-state index contributed by atoms with van der Waals surface area (Å²) in [6.07, 6.45) is 9.00. The first-order valence-corrected chi connectivity index (χ1v) is 17.9. The second-order valence-corrected chi connectivity index (χ2v) is 12.8. The van der Waals surface area contributed by atoms with Gasteiger partial charge in [0.2, 0.25) is 0 Å². The number of benzene rings is 3. The Balaban J connectivity index is 0.000000544. The van der Waals surface area contributed by atoms with Crippen molar-refractivity contribution < 1.29 is 19.0 Å². The highest BCUT2D eigenvalue weighted by molar-refractivity contribution is 7.17. The Morgan fingerprint density at radius 3 is 2.38 bits per heavy atom. The van der Waals surface area contributed by atoms with Crippen LogP contribution in [-0.2, 0) is 11.5 Å². The number of anilines is 1. The lowest BCUT2D eigenvalue weighted by atomic mass is 10.2. The van der Waals surface area contributed by atoms with Crippen molar-refractivity contribution in [3.05, 3.63) is 137 Å². The first-order chi connectivity index (χ1) is 24.4. The molecule has 1 saturated heterocycles. The zero-order chi connectivity index (χ0) is 35.1. The number of pyridine rings is 1. The summed E-state index contributed by atoms with van der Waals surface area (Å²) >= 11 is 1.80. The van der Waals surface area contributed by atoms with E-state index in [4.69, 9.17) is 14.2 Å². The lowest BCUT2D eigenvalue weighted by Gasteiger charge is -2.36. The van der Waals surface area contributed by atoms with Crippen molar-refractivity contribution in [3.63, 3.8) is 0 Å². The summed E-state index contributed by atoms with van der Waals surface area (Å²) in [6, 6.07) is 26.3. The molecule has 260 valence electrons. The van der Waals surface area contributed by atoms with Crippen LogP contribution in [0.2, 0.25) is 0 Å². The van der Waals surface area contributed by atoms with E-state index in [-0.39, 0.29) is 12.3 Å². The largest absolute Gasteiger partial charge is 0.515 e. The number of allylic oxidation sites excluding steroid dienone is 5. The molecule has 0 atom stereocenters. The average Bonchev–Trinajstić information content (AvgIpc) is 3.62. The molecule has 0 spiro atoms. The first-order valence-electron chi connectivity index (χ1n) is 17.0. The molecular weight excluding hydrogens is 647 g/mol. The lowest BCUT2D eigenvalue weighted by molar-refractivity contribution is 0.0720. The van der Waals surface area contributed by atoms with Gasteiger partial charge < -0.3 is 19.1 Å². The van der Waals surface area contributed by atoms with E-state index in [1.807, 2.05) is 62.4 Å². The highest BCUT2D eigenvalue weighted by Gasteiger charge is 2.18. The number of fused-ring (bicyclic) bond motifs is 2. The van der Waals surface area contributed by atoms with Crippen LogP contribution in [0.15, 0.2) is 132 Å². The monoisotopic (exact) mass is 691 g/mol. The third kappa shape index (κ3) is 10.2. The van der Waals surface area contributed by atoms with Crippen LogP contribution in [0.1, 0.15) is 26.7 Å². The summed E-state index contributed by atoms with van der Waals surface area (Å²) in [5.74, 6) is 1.04. The standard InChI is InChI=1S/C33H33N3O5S.C8H12/c37-32-14-12-25-11-13-27(23-30(25)36(32)24-40-33(38)41-26-7-2-1-3-8-26)39-21-5-4-16-34-17-19-35(20-18-34)29-9-6-10-31-28(29)15-22-42-31;1-4-6-8(3)7-5-2/h1-3,6-15,22-23H,4-5,16-21,24H2;4-7H,3H2,1-2H3/b;6-4-,7-5-. The maximum Gasteiger partial charge on any atom is 0.515 e. The van der Waals surface area contributed by atoms with E-state index < -0.39 is 6.16 Å². The molecule has 9 heteroatoms. The van der Waals surface area contributed by atoms with Crippen LogP contribution in [-0.4, -0.2) is 55.0 Å². The summed E-state index contributed by atoms with van der Waals surface area (Å²) in [6.45, 7) is 13.3. The van der Waals surface area contributed by atoms with Crippen LogP contribution in [0.3, 0.4) is 0 Å². The molecule has 1 fully saturated rings. The molecular formula is C41H45N3O5S. The Labute approximate surface area is 298 Å². The van der Waals surface area contributed by atoms with Gasteiger partial charge >= 0.3 is 6.16 Å². The van der Waals surface area contributed by atoms with Crippen molar-refractivity contribution in [2.45, 2.75) is 33.4 Å². The summed E-state index contributed by atoms with van der Waals surface area (Å²) in [7, 11) is 0. The molecule has 0 radical (unpaired) electrons. The molecule has 6 rings (SSSR count). The van der Waals surface area contributed by atoms with Gasteiger partial charge in [-0.1, -0.05) is 55.1 Å². The maximum absolute atomic E-state index is 12.6. The van der Waals surface area contributed by atoms with Crippen molar-refractivity contribution in [2.75, 3.05) is 44.2 Å². The van der Waals surface area contributed by atoms with E-state index in [9.17, 15) is 9.59 Å². The van der Waals surface area contributed by atoms with E-state index in [1.165, 1.54) is 26.4 Å². The number of hydrogen-bond acceptors (Lipinski definition) is 8. The summed E-state index contributed by atoms with van der Waals surface area (Å²) in [4.78, 5) is 29.8. The van der Waals surface area contributed by atoms with Gasteiger partial charge in [0.25, 0.3) is 5.56 Å². The Morgan fingerprint density at radius 1 is 0.860 bits per heavy atom. The predicted octanol–water partition coefficient (Wildman–Crippen LogP) is 9.07. The van der Waals surface area contributed by atoms with Crippen molar-refractivity contribution in [1.82, 2.24) is 9.47 Å². The van der Waals surface area contributed by atoms with Crippen LogP contribution in [0.5, 0.6) is 11.5 Å². The normalized spacial score (nSPS) is 13.4. The smallest absolute Gasteiger partial charge is 0.494 e. The number of unbranched alkanes of at least 4 members (excludes halogenated alkanes) is 1. The summed E-state index contributed by atoms with van der Waals surface area (Å²) < 4.78 is 19.2. The van der Waals surface area contributed by atoms with Gasteiger partial charge in [0.1, 0.15) is 11.5 Å². The minimum absolute atomic E-state index is 0.263. The molecule has 1 aliphatic heterocycles. The molecule has 3 heterocycles. The van der Waals surface area contributed by atoms with Crippen molar-refractivity contribution in [2.24, 2.45) is 0 Å². The van der Waals surface area contributed by atoms with Crippen LogP contribution in [0.25, 0.3) is 21.0 Å².